The van der Waals surface area contributed by atoms with Crippen molar-refractivity contribution >= 4 is 16.7 Å². The quantitative estimate of drug-likeness (QED) is 0.749. The lowest BCUT2D eigenvalue weighted by molar-refractivity contribution is 0.417. The molecule has 0 fully saturated rings. The van der Waals surface area contributed by atoms with Crippen LogP contribution in [0.4, 0.5) is 5.69 Å². The van der Waals surface area contributed by atoms with Crippen molar-refractivity contribution in [3.63, 3.8) is 0 Å². The molecule has 0 spiro atoms. The first-order valence-corrected chi connectivity index (χ1v) is 6.93. The summed E-state index contributed by atoms with van der Waals surface area (Å²) >= 11 is 0. The average molecular weight is 281 g/mol. The molecule has 1 aromatic heterocycles. The molecular weight excluding hydrogens is 262 g/mol. The number of hydrogen-bond acceptors (Lipinski definition) is 3. The van der Waals surface area contributed by atoms with Gasteiger partial charge in [0.15, 0.2) is 0 Å². The Morgan fingerprint density at radius 2 is 1.90 bits per heavy atom. The molecule has 21 heavy (non-hydrogen) atoms. The van der Waals surface area contributed by atoms with Gasteiger partial charge in [0, 0.05) is 6.54 Å². The van der Waals surface area contributed by atoms with Gasteiger partial charge in [-0.15, -0.1) is 0 Å². The molecule has 4 heteroatoms. The van der Waals surface area contributed by atoms with Crippen molar-refractivity contribution in [2.24, 2.45) is 0 Å². The predicted molar refractivity (Wildman–Crippen MR) is 85.7 cm³/mol. The van der Waals surface area contributed by atoms with Gasteiger partial charge in [0.25, 0.3) is 0 Å². The summed E-state index contributed by atoms with van der Waals surface area (Å²) in [5.41, 5.74) is 12.5. The molecule has 0 saturated heterocycles. The lowest BCUT2D eigenvalue weighted by atomic mass is 10.1. The second kappa shape index (κ2) is 5.13. The van der Waals surface area contributed by atoms with Gasteiger partial charge in [-0.05, 0) is 54.8 Å². The maximum atomic E-state index is 5.97. The minimum Gasteiger partial charge on any atom is -0.495 e. The normalized spacial score (nSPS) is 11.0. The highest BCUT2D eigenvalue weighted by molar-refractivity contribution is 5.77. The average Bonchev–Trinajstić information content (AvgIpc) is 2.82. The number of rotatable bonds is 3. The van der Waals surface area contributed by atoms with Crippen LogP contribution in [0.15, 0.2) is 36.7 Å². The highest BCUT2D eigenvalue weighted by Gasteiger charge is 2.07. The van der Waals surface area contributed by atoms with E-state index in [2.05, 4.69) is 35.5 Å². The molecule has 0 amide bonds. The molecule has 0 bridgehead atoms. The van der Waals surface area contributed by atoms with Crippen LogP contribution in [0.5, 0.6) is 5.75 Å². The minimum absolute atomic E-state index is 0.659. The lowest BCUT2D eigenvalue weighted by Gasteiger charge is -2.09. The molecule has 0 unspecified atom stereocenters. The van der Waals surface area contributed by atoms with Crippen LogP contribution in [0.25, 0.3) is 11.0 Å². The third-order valence-electron chi connectivity index (χ3n) is 3.88. The van der Waals surface area contributed by atoms with Gasteiger partial charge in [-0.1, -0.05) is 6.07 Å². The summed E-state index contributed by atoms with van der Waals surface area (Å²) in [7, 11) is 1.62. The van der Waals surface area contributed by atoms with Crippen molar-refractivity contribution in [1.29, 1.82) is 0 Å². The van der Waals surface area contributed by atoms with Crippen molar-refractivity contribution in [3.8, 4) is 5.75 Å². The number of nitrogens with zero attached hydrogens (tertiary/aromatic N) is 2. The van der Waals surface area contributed by atoms with E-state index < -0.39 is 0 Å². The SMILES string of the molecule is COc1ccc(Cn2cnc3cc(C)c(C)cc32)cc1N. The fourth-order valence-corrected chi connectivity index (χ4v) is 2.52. The number of imidazole rings is 1. The van der Waals surface area contributed by atoms with Crippen LogP contribution in [-0.4, -0.2) is 16.7 Å². The second-order valence-corrected chi connectivity index (χ2v) is 5.37. The van der Waals surface area contributed by atoms with E-state index in [1.54, 1.807) is 7.11 Å². The van der Waals surface area contributed by atoms with E-state index >= 15 is 0 Å². The third kappa shape index (κ3) is 2.44. The first-order chi connectivity index (χ1) is 10.1. The number of nitrogen functional groups attached to an aromatic ring is 1. The molecule has 4 nitrogen and oxygen atoms in total. The molecule has 0 aliphatic heterocycles. The number of aromatic nitrogens is 2. The minimum atomic E-state index is 0.659. The van der Waals surface area contributed by atoms with Crippen LogP contribution in [-0.2, 0) is 6.54 Å². The van der Waals surface area contributed by atoms with E-state index in [1.165, 1.54) is 11.1 Å². The molecule has 1 heterocycles. The molecule has 3 rings (SSSR count). The third-order valence-corrected chi connectivity index (χ3v) is 3.88. The van der Waals surface area contributed by atoms with Crippen LogP contribution in [0.2, 0.25) is 0 Å². The van der Waals surface area contributed by atoms with E-state index in [1.807, 2.05) is 24.5 Å². The summed E-state index contributed by atoms with van der Waals surface area (Å²) in [6.45, 7) is 4.97. The number of aryl methyl sites for hydroxylation is 2. The van der Waals surface area contributed by atoms with Crippen LogP contribution < -0.4 is 10.5 Å². The Hall–Kier alpha value is -2.49. The van der Waals surface area contributed by atoms with Crippen molar-refractivity contribution < 1.29 is 4.74 Å². The fraction of sp³-hybridized carbons (Fsp3) is 0.235. The van der Waals surface area contributed by atoms with Gasteiger partial charge in [-0.3, -0.25) is 0 Å². The summed E-state index contributed by atoms with van der Waals surface area (Å²) in [6, 6.07) is 10.2. The van der Waals surface area contributed by atoms with Gasteiger partial charge in [0.05, 0.1) is 30.2 Å². The van der Waals surface area contributed by atoms with Gasteiger partial charge >= 0.3 is 0 Å². The smallest absolute Gasteiger partial charge is 0.141 e. The monoisotopic (exact) mass is 281 g/mol. The van der Waals surface area contributed by atoms with Crippen molar-refractivity contribution in [1.82, 2.24) is 9.55 Å². The highest BCUT2D eigenvalue weighted by Crippen LogP contribution is 2.24. The Kier molecular flexibility index (Phi) is 3.29. The first-order valence-electron chi connectivity index (χ1n) is 6.93. The predicted octanol–water partition coefficient (Wildman–Crippen LogP) is 3.29. The maximum absolute atomic E-state index is 5.97. The van der Waals surface area contributed by atoms with E-state index in [0.717, 1.165) is 23.1 Å². The number of methoxy groups -OCH3 is 1. The Morgan fingerprint density at radius 1 is 1.14 bits per heavy atom. The zero-order chi connectivity index (χ0) is 15.0. The van der Waals surface area contributed by atoms with Crippen molar-refractivity contribution in [3.05, 3.63) is 53.3 Å². The lowest BCUT2D eigenvalue weighted by Crippen LogP contribution is -2.00. The first kappa shape index (κ1) is 13.5. The van der Waals surface area contributed by atoms with Crippen LogP contribution in [0.3, 0.4) is 0 Å². The summed E-state index contributed by atoms with van der Waals surface area (Å²) in [5.74, 6) is 0.709. The molecule has 0 aliphatic rings. The number of fused-ring (bicyclic) bond motifs is 1. The highest BCUT2D eigenvalue weighted by atomic mass is 16.5. The summed E-state index contributed by atoms with van der Waals surface area (Å²) < 4.78 is 7.33. The topological polar surface area (TPSA) is 53.1 Å². The Morgan fingerprint density at radius 3 is 2.62 bits per heavy atom. The van der Waals surface area contributed by atoms with Gasteiger partial charge in [-0.25, -0.2) is 4.98 Å². The fourth-order valence-electron chi connectivity index (χ4n) is 2.52. The zero-order valence-electron chi connectivity index (χ0n) is 12.6. The Balaban J connectivity index is 1.98. The Bertz CT molecular complexity index is 805. The molecule has 3 aromatic rings. The summed E-state index contributed by atoms with van der Waals surface area (Å²) in [6.07, 6.45) is 1.88. The van der Waals surface area contributed by atoms with Crippen LogP contribution in [0.1, 0.15) is 16.7 Å². The molecule has 2 N–H and O–H groups in total. The van der Waals surface area contributed by atoms with Crippen molar-refractivity contribution in [2.75, 3.05) is 12.8 Å². The molecule has 108 valence electrons. The summed E-state index contributed by atoms with van der Waals surface area (Å²) in [5, 5.41) is 0. The van der Waals surface area contributed by atoms with Gasteiger partial charge in [0.2, 0.25) is 0 Å². The maximum Gasteiger partial charge on any atom is 0.141 e. The number of ether oxygens (including phenoxy) is 1. The Labute approximate surface area is 124 Å². The van der Waals surface area contributed by atoms with Gasteiger partial charge in [0.1, 0.15) is 5.75 Å². The molecule has 0 atom stereocenters. The molecular formula is C17H19N3O. The molecule has 0 aliphatic carbocycles. The zero-order valence-corrected chi connectivity index (χ0v) is 12.6. The van der Waals surface area contributed by atoms with E-state index in [9.17, 15) is 0 Å². The van der Waals surface area contributed by atoms with E-state index in [-0.39, 0.29) is 0 Å². The number of anilines is 1. The largest absolute Gasteiger partial charge is 0.495 e. The van der Waals surface area contributed by atoms with E-state index in [4.69, 9.17) is 10.5 Å². The molecule has 0 saturated carbocycles. The standard InChI is InChI=1S/C17H19N3O/c1-11-6-15-16(7-12(11)2)20(10-19-15)9-13-4-5-17(21-3)14(18)8-13/h4-8,10H,9,18H2,1-3H3. The number of benzene rings is 2. The van der Waals surface area contributed by atoms with Gasteiger partial charge < -0.3 is 15.0 Å². The molecule has 0 radical (unpaired) electrons. The summed E-state index contributed by atoms with van der Waals surface area (Å²) in [4.78, 5) is 4.48. The molecule has 2 aromatic carbocycles. The van der Waals surface area contributed by atoms with Crippen LogP contribution >= 0.6 is 0 Å². The van der Waals surface area contributed by atoms with Crippen LogP contribution in [0, 0.1) is 13.8 Å². The van der Waals surface area contributed by atoms with Gasteiger partial charge in [-0.2, -0.15) is 0 Å². The van der Waals surface area contributed by atoms with E-state index in [0.29, 0.717) is 11.4 Å². The second-order valence-electron chi connectivity index (χ2n) is 5.37. The number of nitrogens with two attached hydrogens (primary N) is 1. The van der Waals surface area contributed by atoms with Crippen molar-refractivity contribution in [2.45, 2.75) is 20.4 Å². The number of hydrogen-bond donors (Lipinski definition) is 1.